The predicted octanol–water partition coefficient (Wildman–Crippen LogP) is 3.11. The third-order valence-electron chi connectivity index (χ3n) is 2.14. The van der Waals surface area contributed by atoms with Gasteiger partial charge < -0.3 is 9.84 Å². The summed E-state index contributed by atoms with van der Waals surface area (Å²) in [4.78, 5) is 0. The number of hydrogen-bond donors (Lipinski definition) is 1. The van der Waals surface area contributed by atoms with Gasteiger partial charge in [-0.1, -0.05) is 18.2 Å². The van der Waals surface area contributed by atoms with Gasteiger partial charge in [-0.15, -0.1) is 0 Å². The second-order valence-electron chi connectivity index (χ2n) is 3.41. The zero-order valence-corrected chi connectivity index (χ0v) is 8.56. The molecule has 1 N–H and O–H groups in total. The van der Waals surface area contributed by atoms with Crippen molar-refractivity contribution in [3.05, 3.63) is 59.9 Å². The Bertz CT molecular complexity index is 466. The highest BCUT2D eigenvalue weighted by Gasteiger charge is 1.97. The van der Waals surface area contributed by atoms with Crippen LogP contribution in [0.5, 0.6) is 11.5 Å². The lowest BCUT2D eigenvalue weighted by molar-refractivity contribution is 0.304. The Morgan fingerprint density at radius 2 is 1.81 bits per heavy atom. The maximum absolute atomic E-state index is 12.8. The smallest absolute Gasteiger partial charge is 0.126 e. The van der Waals surface area contributed by atoms with Gasteiger partial charge in [0.05, 0.1) is 0 Å². The molecule has 0 unspecified atom stereocenters. The molecule has 0 saturated heterocycles. The predicted molar refractivity (Wildman–Crippen MR) is 58.8 cm³/mol. The third-order valence-corrected chi connectivity index (χ3v) is 2.14. The third kappa shape index (κ3) is 2.73. The van der Waals surface area contributed by atoms with Crippen molar-refractivity contribution in [3.63, 3.8) is 0 Å². The minimum Gasteiger partial charge on any atom is -0.508 e. The number of hydrogen-bond acceptors (Lipinski definition) is 2. The first kappa shape index (κ1) is 10.5. The van der Waals surface area contributed by atoms with Crippen molar-refractivity contribution >= 4 is 0 Å². The summed E-state index contributed by atoms with van der Waals surface area (Å²) in [6.45, 7) is 0.351. The largest absolute Gasteiger partial charge is 0.508 e. The topological polar surface area (TPSA) is 29.5 Å². The summed E-state index contributed by atoms with van der Waals surface area (Å²) in [7, 11) is 0. The Labute approximate surface area is 92.9 Å². The molecule has 2 nitrogen and oxygen atoms in total. The van der Waals surface area contributed by atoms with Gasteiger partial charge in [0, 0.05) is 6.07 Å². The zero-order chi connectivity index (χ0) is 11.4. The van der Waals surface area contributed by atoms with E-state index in [4.69, 9.17) is 9.84 Å². The Morgan fingerprint density at radius 1 is 1.06 bits per heavy atom. The maximum Gasteiger partial charge on any atom is 0.126 e. The highest BCUT2D eigenvalue weighted by molar-refractivity contribution is 5.27. The minimum atomic E-state index is -0.316. The van der Waals surface area contributed by atoms with Crippen LogP contribution in [0.2, 0.25) is 0 Å². The fraction of sp³-hybridized carbons (Fsp3) is 0.0769. The standard InChI is InChI=1S/C13H11FO2/c14-11-2-1-3-13(8-11)16-9-10-4-6-12(15)7-5-10/h1-8,15H,9H2. The number of phenols is 1. The molecule has 0 aromatic heterocycles. The molecular formula is C13H11FO2. The fourth-order valence-corrected chi connectivity index (χ4v) is 1.32. The van der Waals surface area contributed by atoms with E-state index in [0.717, 1.165) is 5.56 Å². The van der Waals surface area contributed by atoms with Crippen LogP contribution >= 0.6 is 0 Å². The molecule has 82 valence electrons. The first-order valence-electron chi connectivity index (χ1n) is 4.90. The Balaban J connectivity index is 1.99. The van der Waals surface area contributed by atoms with Gasteiger partial charge in [0.15, 0.2) is 0 Å². The van der Waals surface area contributed by atoms with Gasteiger partial charge >= 0.3 is 0 Å². The number of phenolic OH excluding ortho intramolecular Hbond substituents is 1. The molecule has 0 heterocycles. The monoisotopic (exact) mass is 218 g/mol. The van der Waals surface area contributed by atoms with Crippen molar-refractivity contribution in [1.29, 1.82) is 0 Å². The van der Waals surface area contributed by atoms with Gasteiger partial charge in [0.1, 0.15) is 23.9 Å². The van der Waals surface area contributed by atoms with Crippen molar-refractivity contribution in [2.24, 2.45) is 0 Å². The van der Waals surface area contributed by atoms with Crippen molar-refractivity contribution < 1.29 is 14.2 Å². The SMILES string of the molecule is Oc1ccc(COc2cccc(F)c2)cc1. The molecule has 2 aromatic rings. The summed E-state index contributed by atoms with van der Waals surface area (Å²) in [6, 6.07) is 12.7. The van der Waals surface area contributed by atoms with Crippen LogP contribution in [-0.4, -0.2) is 5.11 Å². The number of aromatic hydroxyl groups is 1. The van der Waals surface area contributed by atoms with E-state index in [2.05, 4.69) is 0 Å². The van der Waals surface area contributed by atoms with Gasteiger partial charge in [0.2, 0.25) is 0 Å². The van der Waals surface area contributed by atoms with Crippen LogP contribution in [0.1, 0.15) is 5.56 Å². The molecule has 0 radical (unpaired) electrons. The van der Waals surface area contributed by atoms with Gasteiger partial charge in [0.25, 0.3) is 0 Å². The molecule has 0 amide bonds. The molecule has 0 saturated carbocycles. The molecule has 0 aliphatic heterocycles. The van der Waals surface area contributed by atoms with Crippen LogP contribution in [0, 0.1) is 5.82 Å². The first-order valence-corrected chi connectivity index (χ1v) is 4.90. The first-order chi connectivity index (χ1) is 7.74. The van der Waals surface area contributed by atoms with Crippen molar-refractivity contribution in [2.75, 3.05) is 0 Å². The molecule has 0 fully saturated rings. The normalized spacial score (nSPS) is 10.1. The zero-order valence-electron chi connectivity index (χ0n) is 8.56. The average Bonchev–Trinajstić information content (AvgIpc) is 2.28. The van der Waals surface area contributed by atoms with Crippen LogP contribution in [0.3, 0.4) is 0 Å². The molecule has 3 heteroatoms. The number of ether oxygens (including phenoxy) is 1. The Morgan fingerprint density at radius 3 is 2.50 bits per heavy atom. The number of halogens is 1. The van der Waals surface area contributed by atoms with E-state index in [1.54, 1.807) is 36.4 Å². The average molecular weight is 218 g/mol. The van der Waals surface area contributed by atoms with Crippen molar-refractivity contribution in [3.8, 4) is 11.5 Å². The van der Waals surface area contributed by atoms with Crippen molar-refractivity contribution in [2.45, 2.75) is 6.61 Å². The van der Waals surface area contributed by atoms with Crippen LogP contribution in [0.4, 0.5) is 4.39 Å². The Hall–Kier alpha value is -2.03. The number of rotatable bonds is 3. The summed E-state index contributed by atoms with van der Waals surface area (Å²) in [5.74, 6) is 0.394. The van der Waals surface area contributed by atoms with Gasteiger partial charge in [-0.25, -0.2) is 4.39 Å². The highest BCUT2D eigenvalue weighted by atomic mass is 19.1. The molecule has 0 aliphatic rings. The van der Waals surface area contributed by atoms with Crippen LogP contribution < -0.4 is 4.74 Å². The van der Waals surface area contributed by atoms with E-state index in [-0.39, 0.29) is 11.6 Å². The van der Waals surface area contributed by atoms with Crippen LogP contribution in [0.15, 0.2) is 48.5 Å². The summed E-state index contributed by atoms with van der Waals surface area (Å²) >= 11 is 0. The lowest BCUT2D eigenvalue weighted by Crippen LogP contribution is -1.95. The minimum absolute atomic E-state index is 0.217. The summed E-state index contributed by atoms with van der Waals surface area (Å²) in [6.07, 6.45) is 0. The lowest BCUT2D eigenvalue weighted by atomic mass is 10.2. The quantitative estimate of drug-likeness (QED) is 0.857. The van der Waals surface area contributed by atoms with Crippen molar-refractivity contribution in [1.82, 2.24) is 0 Å². The van der Waals surface area contributed by atoms with Gasteiger partial charge in [-0.2, -0.15) is 0 Å². The van der Waals surface area contributed by atoms with E-state index < -0.39 is 0 Å². The van der Waals surface area contributed by atoms with E-state index in [1.807, 2.05) is 0 Å². The maximum atomic E-state index is 12.8. The molecule has 16 heavy (non-hydrogen) atoms. The molecule has 0 atom stereocenters. The second-order valence-corrected chi connectivity index (χ2v) is 3.41. The summed E-state index contributed by atoms with van der Waals surface area (Å²) in [5, 5.41) is 9.09. The molecule has 0 aliphatic carbocycles. The van der Waals surface area contributed by atoms with E-state index in [0.29, 0.717) is 12.4 Å². The van der Waals surface area contributed by atoms with E-state index in [1.165, 1.54) is 12.1 Å². The van der Waals surface area contributed by atoms with Crippen LogP contribution in [0.25, 0.3) is 0 Å². The fourth-order valence-electron chi connectivity index (χ4n) is 1.32. The van der Waals surface area contributed by atoms with Gasteiger partial charge in [-0.3, -0.25) is 0 Å². The number of benzene rings is 2. The van der Waals surface area contributed by atoms with E-state index >= 15 is 0 Å². The van der Waals surface area contributed by atoms with Gasteiger partial charge in [-0.05, 0) is 29.8 Å². The lowest BCUT2D eigenvalue weighted by Gasteiger charge is -2.06. The molecule has 0 spiro atoms. The molecular weight excluding hydrogens is 207 g/mol. The van der Waals surface area contributed by atoms with Crippen LogP contribution in [-0.2, 0) is 6.61 Å². The molecule has 2 rings (SSSR count). The van der Waals surface area contributed by atoms with E-state index in [9.17, 15) is 4.39 Å². The highest BCUT2D eigenvalue weighted by Crippen LogP contribution is 2.15. The molecule has 2 aromatic carbocycles. The summed E-state index contributed by atoms with van der Waals surface area (Å²) in [5.41, 5.74) is 0.919. The Kier molecular flexibility index (Phi) is 3.05. The molecule has 0 bridgehead atoms. The summed E-state index contributed by atoms with van der Waals surface area (Å²) < 4.78 is 18.2. The second kappa shape index (κ2) is 4.66.